The SMILES string of the molecule is COC(=O)/C(=C/C(C)=C(C)C)NC(C)=O. The molecule has 0 spiro atoms. The first-order valence-corrected chi connectivity index (χ1v) is 4.60. The van der Waals surface area contributed by atoms with Gasteiger partial charge in [0, 0.05) is 6.92 Å². The van der Waals surface area contributed by atoms with Gasteiger partial charge >= 0.3 is 5.97 Å². The van der Waals surface area contributed by atoms with Crippen molar-refractivity contribution < 1.29 is 14.3 Å². The maximum Gasteiger partial charge on any atom is 0.354 e. The summed E-state index contributed by atoms with van der Waals surface area (Å²) in [6.07, 6.45) is 1.60. The molecule has 1 amide bonds. The van der Waals surface area contributed by atoms with Gasteiger partial charge in [0.15, 0.2) is 0 Å². The Bertz CT molecular complexity index is 323. The Morgan fingerprint density at radius 1 is 1.13 bits per heavy atom. The molecule has 0 aromatic rings. The fourth-order valence-corrected chi connectivity index (χ4v) is 0.806. The van der Waals surface area contributed by atoms with E-state index in [1.54, 1.807) is 6.08 Å². The zero-order valence-electron chi connectivity index (χ0n) is 9.80. The van der Waals surface area contributed by atoms with Crippen LogP contribution in [0.2, 0.25) is 0 Å². The van der Waals surface area contributed by atoms with Crippen LogP contribution in [0.4, 0.5) is 0 Å². The van der Waals surface area contributed by atoms with Crippen LogP contribution in [0.3, 0.4) is 0 Å². The Kier molecular flexibility index (Phi) is 5.37. The van der Waals surface area contributed by atoms with Gasteiger partial charge in [-0.1, -0.05) is 11.1 Å². The third kappa shape index (κ3) is 5.00. The number of rotatable bonds is 3. The van der Waals surface area contributed by atoms with E-state index in [1.807, 2.05) is 20.8 Å². The number of carbonyl (C=O) groups excluding carboxylic acids is 2. The van der Waals surface area contributed by atoms with Crippen molar-refractivity contribution in [3.8, 4) is 0 Å². The van der Waals surface area contributed by atoms with Gasteiger partial charge in [0.25, 0.3) is 0 Å². The molecule has 0 aliphatic carbocycles. The van der Waals surface area contributed by atoms with Gasteiger partial charge in [-0.15, -0.1) is 0 Å². The second-order valence-corrected chi connectivity index (χ2v) is 3.41. The highest BCUT2D eigenvalue weighted by Crippen LogP contribution is 2.06. The molecule has 0 bridgehead atoms. The lowest BCUT2D eigenvalue weighted by Gasteiger charge is -2.06. The van der Waals surface area contributed by atoms with Crippen LogP contribution in [0.15, 0.2) is 22.9 Å². The number of allylic oxidation sites excluding steroid dienone is 3. The van der Waals surface area contributed by atoms with Crippen LogP contribution in [0, 0.1) is 0 Å². The highest BCUT2D eigenvalue weighted by Gasteiger charge is 2.10. The van der Waals surface area contributed by atoms with Gasteiger partial charge < -0.3 is 10.1 Å². The van der Waals surface area contributed by atoms with Crippen molar-refractivity contribution in [3.05, 3.63) is 22.9 Å². The monoisotopic (exact) mass is 211 g/mol. The van der Waals surface area contributed by atoms with E-state index in [2.05, 4.69) is 10.1 Å². The molecular formula is C11H17NO3. The molecule has 0 radical (unpaired) electrons. The van der Waals surface area contributed by atoms with Crippen molar-refractivity contribution in [1.29, 1.82) is 0 Å². The minimum Gasteiger partial charge on any atom is -0.464 e. The molecule has 0 fully saturated rings. The molecule has 0 aliphatic rings. The van der Waals surface area contributed by atoms with Crippen LogP contribution in [0.1, 0.15) is 27.7 Å². The number of nitrogens with one attached hydrogen (secondary N) is 1. The lowest BCUT2D eigenvalue weighted by Crippen LogP contribution is -2.25. The first-order valence-electron chi connectivity index (χ1n) is 4.60. The van der Waals surface area contributed by atoms with Crippen molar-refractivity contribution in [2.45, 2.75) is 27.7 Å². The van der Waals surface area contributed by atoms with Crippen LogP contribution < -0.4 is 5.32 Å². The Morgan fingerprint density at radius 3 is 2.00 bits per heavy atom. The smallest absolute Gasteiger partial charge is 0.354 e. The second kappa shape index (κ2) is 6.01. The third-order valence-electron chi connectivity index (χ3n) is 1.87. The Labute approximate surface area is 90.0 Å². The lowest BCUT2D eigenvalue weighted by molar-refractivity contribution is -0.137. The van der Waals surface area contributed by atoms with E-state index in [9.17, 15) is 9.59 Å². The summed E-state index contributed by atoms with van der Waals surface area (Å²) >= 11 is 0. The number of hydrogen-bond donors (Lipinski definition) is 1. The summed E-state index contributed by atoms with van der Waals surface area (Å²) in [6, 6.07) is 0. The van der Waals surface area contributed by atoms with E-state index in [4.69, 9.17) is 0 Å². The number of esters is 1. The van der Waals surface area contributed by atoms with Gasteiger partial charge in [-0.3, -0.25) is 4.79 Å². The standard InChI is InChI=1S/C11H17NO3/c1-7(2)8(3)6-10(11(14)15-5)12-9(4)13/h6H,1-5H3,(H,12,13)/b10-6-. The molecule has 0 aromatic heterocycles. The van der Waals surface area contributed by atoms with Gasteiger partial charge in [0.1, 0.15) is 5.70 Å². The molecule has 0 atom stereocenters. The summed E-state index contributed by atoms with van der Waals surface area (Å²) in [5.41, 5.74) is 2.15. The summed E-state index contributed by atoms with van der Waals surface area (Å²) in [7, 11) is 1.27. The van der Waals surface area contributed by atoms with Gasteiger partial charge in [-0.25, -0.2) is 4.79 Å². The number of ether oxygens (including phenoxy) is 1. The highest BCUT2D eigenvalue weighted by atomic mass is 16.5. The largest absolute Gasteiger partial charge is 0.464 e. The summed E-state index contributed by atoms with van der Waals surface area (Å²) in [6.45, 7) is 7.05. The molecular weight excluding hydrogens is 194 g/mol. The fraction of sp³-hybridized carbons (Fsp3) is 0.455. The van der Waals surface area contributed by atoms with Crippen molar-refractivity contribution >= 4 is 11.9 Å². The molecule has 0 rings (SSSR count). The minimum absolute atomic E-state index is 0.156. The van der Waals surface area contributed by atoms with Crippen LogP contribution in [0.25, 0.3) is 0 Å². The third-order valence-corrected chi connectivity index (χ3v) is 1.87. The second-order valence-electron chi connectivity index (χ2n) is 3.41. The number of hydrogen-bond acceptors (Lipinski definition) is 3. The summed E-state index contributed by atoms with van der Waals surface area (Å²) < 4.78 is 4.55. The van der Waals surface area contributed by atoms with E-state index in [1.165, 1.54) is 14.0 Å². The van der Waals surface area contributed by atoms with Crippen molar-refractivity contribution in [2.24, 2.45) is 0 Å². The van der Waals surface area contributed by atoms with Crippen LogP contribution in [-0.2, 0) is 14.3 Å². The summed E-state index contributed by atoms with van der Waals surface area (Å²) in [5, 5.41) is 2.43. The molecule has 0 unspecified atom stereocenters. The Morgan fingerprint density at radius 2 is 1.67 bits per heavy atom. The maximum atomic E-state index is 11.3. The zero-order chi connectivity index (χ0) is 12.0. The highest BCUT2D eigenvalue weighted by molar-refractivity contribution is 5.93. The van der Waals surface area contributed by atoms with Crippen LogP contribution in [0.5, 0.6) is 0 Å². The van der Waals surface area contributed by atoms with Crippen molar-refractivity contribution in [2.75, 3.05) is 7.11 Å². The zero-order valence-corrected chi connectivity index (χ0v) is 9.80. The normalized spacial score (nSPS) is 10.6. The molecule has 0 aromatic carbocycles. The molecule has 0 saturated carbocycles. The lowest BCUT2D eigenvalue weighted by atomic mass is 10.1. The Balaban J connectivity index is 5.02. The van der Waals surface area contributed by atoms with Crippen LogP contribution >= 0.6 is 0 Å². The number of amides is 1. The van der Waals surface area contributed by atoms with Crippen molar-refractivity contribution in [1.82, 2.24) is 5.32 Å². The van der Waals surface area contributed by atoms with Gasteiger partial charge in [-0.05, 0) is 26.8 Å². The summed E-state index contributed by atoms with van der Waals surface area (Å²) in [5.74, 6) is -0.848. The minimum atomic E-state index is -0.550. The fourth-order valence-electron chi connectivity index (χ4n) is 0.806. The molecule has 0 saturated heterocycles. The van der Waals surface area contributed by atoms with E-state index in [0.29, 0.717) is 0 Å². The van der Waals surface area contributed by atoms with Gasteiger partial charge in [-0.2, -0.15) is 0 Å². The van der Waals surface area contributed by atoms with E-state index >= 15 is 0 Å². The van der Waals surface area contributed by atoms with Crippen molar-refractivity contribution in [3.63, 3.8) is 0 Å². The first-order chi connectivity index (χ1) is 6.88. The molecule has 15 heavy (non-hydrogen) atoms. The number of carbonyl (C=O) groups is 2. The number of methoxy groups -OCH3 is 1. The average molecular weight is 211 g/mol. The quantitative estimate of drug-likeness (QED) is 0.437. The Hall–Kier alpha value is -1.58. The topological polar surface area (TPSA) is 55.4 Å². The predicted molar refractivity (Wildman–Crippen MR) is 58.0 cm³/mol. The molecule has 4 nitrogen and oxygen atoms in total. The van der Waals surface area contributed by atoms with E-state index in [-0.39, 0.29) is 11.6 Å². The molecule has 4 heteroatoms. The predicted octanol–water partition coefficient (Wildman–Crippen LogP) is 1.54. The average Bonchev–Trinajstić information content (AvgIpc) is 2.14. The first kappa shape index (κ1) is 13.4. The van der Waals surface area contributed by atoms with E-state index in [0.717, 1.165) is 11.1 Å². The molecule has 1 N–H and O–H groups in total. The summed E-state index contributed by atoms with van der Waals surface area (Å²) in [4.78, 5) is 22.1. The van der Waals surface area contributed by atoms with Crippen LogP contribution in [-0.4, -0.2) is 19.0 Å². The van der Waals surface area contributed by atoms with E-state index < -0.39 is 5.97 Å². The van der Waals surface area contributed by atoms with Gasteiger partial charge in [0.2, 0.25) is 5.91 Å². The van der Waals surface area contributed by atoms with Gasteiger partial charge in [0.05, 0.1) is 7.11 Å². The molecule has 0 aliphatic heterocycles. The molecule has 84 valence electrons. The maximum absolute atomic E-state index is 11.3. The molecule has 0 heterocycles.